The van der Waals surface area contributed by atoms with Gasteiger partial charge in [-0.15, -0.1) is 0 Å². The Bertz CT molecular complexity index is 2740. The number of nitrogens with one attached hydrogen (secondary N) is 1. The van der Waals surface area contributed by atoms with E-state index in [0.717, 1.165) is 67.8 Å². The second kappa shape index (κ2) is 24.1. The zero-order chi connectivity index (χ0) is 55.3. The van der Waals surface area contributed by atoms with Gasteiger partial charge >= 0.3 is 18.1 Å². The summed E-state index contributed by atoms with van der Waals surface area (Å²) in [6.45, 7) is 9.17. The number of hydrogen-bond donors (Lipinski definition) is 3. The number of nitrogens with zero attached hydrogens (tertiary/aromatic N) is 3. The summed E-state index contributed by atoms with van der Waals surface area (Å²) >= 11 is 0. The number of H-pyrrole nitrogens is 1. The number of carbonyl (C=O) groups is 4. The van der Waals surface area contributed by atoms with E-state index in [1.165, 1.54) is 45.5 Å². The number of aromatic nitrogens is 1. The molecule has 6 heterocycles. The lowest BCUT2D eigenvalue weighted by atomic mass is 9.47. The normalized spacial score (nSPS) is 31.0. The molecule has 1 amide bonds. The fourth-order valence-electron chi connectivity index (χ4n) is 15.6. The van der Waals surface area contributed by atoms with Crippen LogP contribution in [0.5, 0.6) is 5.75 Å². The van der Waals surface area contributed by atoms with Crippen molar-refractivity contribution in [1.29, 1.82) is 0 Å². The Balaban J connectivity index is 1.05. The standard InChI is InChI=1S/C63H86N4O11/c1-7-10-11-12-13-14-15-16-17-18-19-20-21-22-23-26-36-77-58(71)78-55-60(9-3)31-27-33-66-35-32-61(53(60)66)47-37-48(51(74-4)38-50(47)67(43-68)54(61)63(55,73)57(70)76-6)62(56(69)75-5)40-44-39-59(72,8-2)42-65(41-44)34-30-46-45-28-24-25-29-49(45)64-52(46)62/h13-14,16-17,24-25,27-29,31,37-38,43-44,53-55,64,72-73H,7-12,15,18-23,26,30,32-36,39-42H2,1-6H3/b14-13-,17-16-/t44-,53+,54-,55-,59+,60-,61-,62+,63+/m1/s1. The summed E-state index contributed by atoms with van der Waals surface area (Å²) in [6, 6.07) is 9.88. The van der Waals surface area contributed by atoms with Crippen molar-refractivity contribution < 1.29 is 53.1 Å². The number of ether oxygens (including phenoxy) is 5. The molecule has 3 fully saturated rings. The molecule has 1 aromatic heterocycles. The van der Waals surface area contributed by atoms with Gasteiger partial charge in [-0.05, 0) is 113 Å². The Hall–Kier alpha value is -5.48. The van der Waals surface area contributed by atoms with E-state index in [9.17, 15) is 24.6 Å². The van der Waals surface area contributed by atoms with E-state index in [-0.39, 0.29) is 18.9 Å². The second-order valence-corrected chi connectivity index (χ2v) is 23.3. The highest BCUT2D eigenvalue weighted by Gasteiger charge is 2.81. The number of esters is 2. The number of carbonyl (C=O) groups excluding carboxylic acids is 4. The second-order valence-electron chi connectivity index (χ2n) is 23.3. The van der Waals surface area contributed by atoms with E-state index in [1.807, 2.05) is 50.3 Å². The van der Waals surface area contributed by atoms with Crippen LogP contribution in [0.2, 0.25) is 0 Å². The summed E-state index contributed by atoms with van der Waals surface area (Å²) < 4.78 is 30.1. The Kier molecular flexibility index (Phi) is 17.7. The highest BCUT2D eigenvalue weighted by atomic mass is 16.7. The van der Waals surface area contributed by atoms with Crippen molar-refractivity contribution in [3.05, 3.63) is 95.2 Å². The Morgan fingerprint density at radius 2 is 1.55 bits per heavy atom. The predicted molar refractivity (Wildman–Crippen MR) is 301 cm³/mol. The van der Waals surface area contributed by atoms with Crippen molar-refractivity contribution in [3.63, 3.8) is 0 Å². The number of hydrogen-bond acceptors (Lipinski definition) is 13. The quantitative estimate of drug-likeness (QED) is 0.0269. The van der Waals surface area contributed by atoms with E-state index < -0.39 is 63.7 Å². The minimum Gasteiger partial charge on any atom is -0.496 e. The van der Waals surface area contributed by atoms with Crippen molar-refractivity contribution in [1.82, 2.24) is 14.8 Å². The number of para-hydroxylation sites is 1. The maximum atomic E-state index is 15.5. The van der Waals surface area contributed by atoms with Gasteiger partial charge in [-0.1, -0.05) is 114 Å². The first kappa shape index (κ1) is 57.2. The topological polar surface area (TPSA) is 180 Å². The fourth-order valence-corrected chi connectivity index (χ4v) is 15.6. The third kappa shape index (κ3) is 9.90. The van der Waals surface area contributed by atoms with Crippen LogP contribution in [-0.4, -0.2) is 140 Å². The largest absolute Gasteiger partial charge is 0.508 e. The lowest BCUT2D eigenvalue weighted by Gasteiger charge is -2.63. The summed E-state index contributed by atoms with van der Waals surface area (Å²) in [4.78, 5) is 68.4. The molecule has 15 heteroatoms. The van der Waals surface area contributed by atoms with Crippen LogP contribution in [0.3, 0.4) is 0 Å². The Labute approximate surface area is 461 Å². The molecule has 1 aliphatic carbocycles. The van der Waals surface area contributed by atoms with Crippen LogP contribution in [0.25, 0.3) is 10.9 Å². The van der Waals surface area contributed by atoms with Gasteiger partial charge in [0.1, 0.15) is 11.2 Å². The summed E-state index contributed by atoms with van der Waals surface area (Å²) in [5.74, 6) is -1.45. The molecule has 3 aromatic rings. The highest BCUT2D eigenvalue weighted by molar-refractivity contribution is 5.96. The monoisotopic (exact) mass is 1070 g/mol. The molecule has 0 radical (unpaired) electrons. The highest BCUT2D eigenvalue weighted by Crippen LogP contribution is 2.68. The molecule has 3 N–H and O–H groups in total. The van der Waals surface area contributed by atoms with E-state index in [1.54, 1.807) is 6.07 Å². The SMILES string of the molecule is CCCCC/C=C\C/C=C\CCCCCCCCOC(=O)O[C@@H]1[C@]2(CC)C=CCN3CC[C@@]4(c5cc([C@@]6(C(=O)OC)C[C@@H]7CN(CCc8c6[nH]c6ccccc86)C[C@](O)(CC)C7)c(OC)cc5N(C=O)[C@H]4[C@@]1(O)C(=O)OC)[C@@H]32. The number of rotatable bonds is 23. The van der Waals surface area contributed by atoms with Crippen LogP contribution < -0.4 is 9.64 Å². The third-order valence-corrected chi connectivity index (χ3v) is 19.0. The molecular formula is C63H86N4O11. The number of aliphatic hydroxyl groups is 2. The predicted octanol–water partition coefficient (Wildman–Crippen LogP) is 9.92. The molecule has 1 unspecified atom stereocenters. The van der Waals surface area contributed by atoms with Crippen molar-refractivity contribution in [2.24, 2.45) is 11.3 Å². The first-order valence-electron chi connectivity index (χ1n) is 29.3. The van der Waals surface area contributed by atoms with Gasteiger partial charge in [0, 0.05) is 71.3 Å². The molecule has 2 aromatic carbocycles. The number of unbranched alkanes of at least 4 members (excludes halogenated alkanes) is 9. The van der Waals surface area contributed by atoms with E-state index in [4.69, 9.17) is 23.7 Å². The van der Waals surface area contributed by atoms with Crippen molar-refractivity contribution in [2.45, 2.75) is 177 Å². The van der Waals surface area contributed by atoms with Gasteiger partial charge in [-0.25, -0.2) is 9.59 Å². The van der Waals surface area contributed by atoms with Gasteiger partial charge in [0.15, 0.2) is 6.10 Å². The first-order chi connectivity index (χ1) is 37.8. The van der Waals surface area contributed by atoms with Crippen LogP contribution in [0.1, 0.15) is 152 Å². The molecule has 15 nitrogen and oxygen atoms in total. The van der Waals surface area contributed by atoms with Gasteiger partial charge in [0.2, 0.25) is 12.0 Å². The average molecular weight is 1080 g/mol. The number of methoxy groups -OCH3 is 3. The third-order valence-electron chi connectivity index (χ3n) is 19.0. The molecule has 1 spiro atoms. The van der Waals surface area contributed by atoms with Crippen LogP contribution >= 0.6 is 0 Å². The molecular weight excluding hydrogens is 989 g/mol. The van der Waals surface area contributed by atoms with Crippen LogP contribution in [0.15, 0.2) is 72.9 Å². The number of allylic oxidation sites excluding steroid dienone is 4. The zero-order valence-corrected chi connectivity index (χ0v) is 47.2. The van der Waals surface area contributed by atoms with Crippen LogP contribution in [0, 0.1) is 11.3 Å². The molecule has 1 saturated carbocycles. The maximum Gasteiger partial charge on any atom is 0.508 e. The number of aromatic amines is 1. The minimum atomic E-state index is -2.63. The molecule has 424 valence electrons. The number of piperidine rings is 1. The average Bonchev–Trinajstić information content (AvgIpc) is 4.13. The number of amides is 1. The van der Waals surface area contributed by atoms with Gasteiger partial charge < -0.3 is 43.8 Å². The van der Waals surface area contributed by atoms with Crippen molar-refractivity contribution >= 4 is 41.1 Å². The summed E-state index contributed by atoms with van der Waals surface area (Å²) in [7, 11) is 4.12. The molecule has 10 atom stereocenters. The molecule has 78 heavy (non-hydrogen) atoms. The summed E-state index contributed by atoms with van der Waals surface area (Å²) in [6.07, 6.45) is 26.4. The van der Waals surface area contributed by atoms with Crippen LogP contribution in [0.4, 0.5) is 10.5 Å². The first-order valence-corrected chi connectivity index (χ1v) is 29.3. The van der Waals surface area contributed by atoms with Crippen molar-refractivity contribution in [3.8, 4) is 5.75 Å². The molecule has 6 aliphatic rings. The maximum absolute atomic E-state index is 15.5. The molecule has 2 saturated heterocycles. The molecule has 2 bridgehead atoms. The minimum absolute atomic E-state index is 0.0971. The molecule has 5 aliphatic heterocycles. The number of fused-ring (bicyclic) bond motifs is 6. The lowest BCUT2D eigenvalue weighted by Crippen LogP contribution is -2.81. The van der Waals surface area contributed by atoms with Gasteiger partial charge in [-0.2, -0.15) is 0 Å². The van der Waals surface area contributed by atoms with Crippen molar-refractivity contribution in [2.75, 3.05) is 65.6 Å². The van der Waals surface area contributed by atoms with E-state index in [0.29, 0.717) is 106 Å². The van der Waals surface area contributed by atoms with Gasteiger partial charge in [-0.3, -0.25) is 19.4 Å². The zero-order valence-electron chi connectivity index (χ0n) is 47.2. The summed E-state index contributed by atoms with van der Waals surface area (Å²) in [5.41, 5.74) is -3.53. The molecule has 9 rings (SSSR count). The Morgan fingerprint density at radius 3 is 2.26 bits per heavy atom. The number of anilines is 1. The van der Waals surface area contributed by atoms with Gasteiger partial charge in [0.05, 0.1) is 45.3 Å². The smallest absolute Gasteiger partial charge is 0.496 e. The fraction of sp³-hybridized carbons (Fsp3) is 0.619. The number of benzene rings is 2. The lowest BCUT2D eigenvalue weighted by molar-refractivity contribution is -0.221. The summed E-state index contributed by atoms with van der Waals surface area (Å²) in [5, 5.41) is 26.8. The van der Waals surface area contributed by atoms with E-state index >= 15 is 4.79 Å². The van der Waals surface area contributed by atoms with E-state index in [2.05, 4.69) is 52.1 Å². The Morgan fingerprint density at radius 1 is 0.821 bits per heavy atom. The van der Waals surface area contributed by atoms with Crippen LogP contribution in [-0.2, 0) is 50.6 Å². The van der Waals surface area contributed by atoms with Gasteiger partial charge in [0.25, 0.3) is 0 Å².